The molecule has 0 aliphatic rings. The highest BCUT2D eigenvalue weighted by atomic mass is 35.5. The number of benzene rings is 2. The molecule has 0 aromatic heterocycles. The molecule has 0 heterocycles. The van der Waals surface area contributed by atoms with Crippen LogP contribution in [0.3, 0.4) is 0 Å². The molecular formula is C19H18ClN3O2. The zero-order valence-electron chi connectivity index (χ0n) is 14.0. The number of nitriles is 1. The number of anilines is 2. The summed E-state index contributed by atoms with van der Waals surface area (Å²) >= 11 is 6.12. The van der Waals surface area contributed by atoms with Gasteiger partial charge in [-0.3, -0.25) is 9.59 Å². The fourth-order valence-corrected chi connectivity index (χ4v) is 2.61. The van der Waals surface area contributed by atoms with Gasteiger partial charge in [0.15, 0.2) is 0 Å². The molecule has 0 fully saturated rings. The number of nitrogens with zero attached hydrogens (tertiary/aromatic N) is 2. The molecule has 128 valence electrons. The topological polar surface area (TPSA) is 73.2 Å². The maximum Gasteiger partial charge on any atom is 0.226 e. The van der Waals surface area contributed by atoms with E-state index in [0.717, 1.165) is 5.56 Å². The van der Waals surface area contributed by atoms with Crippen molar-refractivity contribution < 1.29 is 9.59 Å². The fraction of sp³-hybridized carbons (Fsp3) is 0.211. The first-order chi connectivity index (χ1) is 11.9. The predicted octanol–water partition coefficient (Wildman–Crippen LogP) is 3.90. The Balaban J connectivity index is 2.06. The smallest absolute Gasteiger partial charge is 0.226 e. The van der Waals surface area contributed by atoms with Gasteiger partial charge >= 0.3 is 0 Å². The van der Waals surface area contributed by atoms with Crippen molar-refractivity contribution in [3.63, 3.8) is 0 Å². The van der Waals surface area contributed by atoms with Crippen LogP contribution in [0.4, 0.5) is 11.4 Å². The van der Waals surface area contributed by atoms with Crippen molar-refractivity contribution in [2.45, 2.75) is 20.3 Å². The van der Waals surface area contributed by atoms with Crippen molar-refractivity contribution >= 4 is 34.8 Å². The lowest BCUT2D eigenvalue weighted by Gasteiger charge is -2.23. The lowest BCUT2D eigenvalue weighted by molar-refractivity contribution is -0.117. The Morgan fingerprint density at radius 2 is 1.96 bits per heavy atom. The van der Waals surface area contributed by atoms with Gasteiger partial charge in [0.25, 0.3) is 0 Å². The van der Waals surface area contributed by atoms with E-state index >= 15 is 0 Å². The molecule has 0 saturated carbocycles. The summed E-state index contributed by atoms with van der Waals surface area (Å²) in [4.78, 5) is 25.7. The second-order valence-corrected chi connectivity index (χ2v) is 5.95. The Morgan fingerprint density at radius 1 is 1.24 bits per heavy atom. The maximum absolute atomic E-state index is 12.2. The van der Waals surface area contributed by atoms with Gasteiger partial charge in [-0.2, -0.15) is 5.26 Å². The molecular weight excluding hydrogens is 338 g/mol. The first kappa shape index (κ1) is 18.5. The van der Waals surface area contributed by atoms with Gasteiger partial charge in [-0.15, -0.1) is 0 Å². The van der Waals surface area contributed by atoms with Crippen molar-refractivity contribution in [3.05, 3.63) is 58.6 Å². The zero-order chi connectivity index (χ0) is 18.4. The highest BCUT2D eigenvalue weighted by Gasteiger charge is 2.16. The highest BCUT2D eigenvalue weighted by molar-refractivity contribution is 6.31. The number of carbonyl (C=O) groups is 2. The van der Waals surface area contributed by atoms with E-state index in [1.165, 1.54) is 11.8 Å². The van der Waals surface area contributed by atoms with Gasteiger partial charge in [0.1, 0.15) is 0 Å². The largest absolute Gasteiger partial charge is 0.326 e. The third kappa shape index (κ3) is 4.82. The number of amides is 2. The molecule has 25 heavy (non-hydrogen) atoms. The molecule has 2 rings (SSSR count). The van der Waals surface area contributed by atoms with Crippen LogP contribution in [0.2, 0.25) is 5.02 Å². The molecule has 5 nitrogen and oxygen atoms in total. The number of hydrogen-bond acceptors (Lipinski definition) is 3. The Hall–Kier alpha value is -2.84. The van der Waals surface area contributed by atoms with Gasteiger partial charge in [-0.25, -0.2) is 0 Å². The maximum atomic E-state index is 12.2. The number of rotatable bonds is 5. The molecule has 0 radical (unpaired) electrons. The summed E-state index contributed by atoms with van der Waals surface area (Å²) in [5, 5.41) is 12.2. The number of carbonyl (C=O) groups excluding carboxylic acids is 2. The summed E-state index contributed by atoms with van der Waals surface area (Å²) in [7, 11) is 0. The molecule has 0 atom stereocenters. The van der Waals surface area contributed by atoms with Gasteiger partial charge in [0, 0.05) is 36.3 Å². The minimum Gasteiger partial charge on any atom is -0.326 e. The molecule has 1 N–H and O–H groups in total. The third-order valence-corrected chi connectivity index (χ3v) is 4.16. The first-order valence-electron chi connectivity index (χ1n) is 7.75. The quantitative estimate of drug-likeness (QED) is 0.883. The normalized spacial score (nSPS) is 10.0. The lowest BCUT2D eigenvalue weighted by atomic mass is 10.1. The second-order valence-electron chi connectivity index (χ2n) is 5.55. The molecule has 0 aliphatic carbocycles. The Labute approximate surface area is 151 Å². The average Bonchev–Trinajstić information content (AvgIpc) is 2.58. The van der Waals surface area contributed by atoms with E-state index in [0.29, 0.717) is 22.0 Å². The second kappa shape index (κ2) is 8.32. The first-order valence-corrected chi connectivity index (χ1v) is 8.13. The van der Waals surface area contributed by atoms with Crippen LogP contribution >= 0.6 is 11.6 Å². The van der Waals surface area contributed by atoms with Crippen molar-refractivity contribution in [1.82, 2.24) is 0 Å². The van der Waals surface area contributed by atoms with Crippen LogP contribution in [0.1, 0.15) is 24.5 Å². The van der Waals surface area contributed by atoms with Crippen molar-refractivity contribution in [1.29, 1.82) is 5.26 Å². The summed E-state index contributed by atoms with van der Waals surface area (Å²) in [5.74, 6) is -0.398. The van der Waals surface area contributed by atoms with Crippen molar-refractivity contribution in [3.8, 4) is 6.07 Å². The average molecular weight is 356 g/mol. The Kier molecular flexibility index (Phi) is 6.15. The highest BCUT2D eigenvalue weighted by Crippen LogP contribution is 2.26. The number of halogens is 1. The zero-order valence-corrected chi connectivity index (χ0v) is 14.8. The van der Waals surface area contributed by atoms with Gasteiger partial charge in [0.2, 0.25) is 11.8 Å². The molecule has 2 amide bonds. The van der Waals surface area contributed by atoms with E-state index in [9.17, 15) is 9.59 Å². The molecule has 0 spiro atoms. The number of hydrogen-bond donors (Lipinski definition) is 1. The molecule has 0 aliphatic heterocycles. The Bertz CT molecular complexity index is 843. The van der Waals surface area contributed by atoms with Crippen molar-refractivity contribution in [2.24, 2.45) is 0 Å². The molecule has 0 saturated heterocycles. The van der Waals surface area contributed by atoms with E-state index in [-0.39, 0.29) is 24.8 Å². The summed E-state index contributed by atoms with van der Waals surface area (Å²) < 4.78 is 0. The SMILES string of the molecule is CC(=O)N(CCC(=O)Nc1cccc(C#N)c1)c1cccc(Cl)c1C. The molecule has 0 bridgehead atoms. The van der Waals surface area contributed by atoms with Crippen LogP contribution in [0.5, 0.6) is 0 Å². The fourth-order valence-electron chi connectivity index (χ4n) is 2.44. The number of nitrogens with one attached hydrogen (secondary N) is 1. The lowest BCUT2D eigenvalue weighted by Crippen LogP contribution is -2.32. The summed E-state index contributed by atoms with van der Waals surface area (Å²) in [5.41, 5.74) is 2.51. The van der Waals surface area contributed by atoms with E-state index < -0.39 is 0 Å². The van der Waals surface area contributed by atoms with Gasteiger partial charge in [-0.05, 0) is 42.8 Å². The summed E-state index contributed by atoms with van der Waals surface area (Å²) in [6, 6.07) is 14.0. The molecule has 2 aromatic rings. The van der Waals surface area contributed by atoms with Crippen LogP contribution in [0, 0.1) is 18.3 Å². The van der Waals surface area contributed by atoms with E-state index in [4.69, 9.17) is 16.9 Å². The standard InChI is InChI=1S/C19H18ClN3O2/c1-13-17(20)7-4-8-18(13)23(14(2)24)10-9-19(25)22-16-6-3-5-15(11-16)12-21/h3-8,11H,9-10H2,1-2H3,(H,22,25). The monoisotopic (exact) mass is 355 g/mol. The van der Waals surface area contributed by atoms with Gasteiger partial charge in [-0.1, -0.05) is 23.7 Å². The molecule has 0 unspecified atom stereocenters. The van der Waals surface area contributed by atoms with Crippen LogP contribution < -0.4 is 10.2 Å². The van der Waals surface area contributed by atoms with E-state index in [1.54, 1.807) is 42.5 Å². The van der Waals surface area contributed by atoms with Crippen LogP contribution in [-0.4, -0.2) is 18.4 Å². The minimum absolute atomic E-state index is 0.127. The summed E-state index contributed by atoms with van der Waals surface area (Å²) in [6.45, 7) is 3.52. The van der Waals surface area contributed by atoms with Crippen LogP contribution in [0.15, 0.2) is 42.5 Å². The van der Waals surface area contributed by atoms with E-state index in [1.807, 2.05) is 13.0 Å². The van der Waals surface area contributed by atoms with E-state index in [2.05, 4.69) is 5.32 Å². The van der Waals surface area contributed by atoms with Crippen molar-refractivity contribution in [2.75, 3.05) is 16.8 Å². The van der Waals surface area contributed by atoms with Crippen LogP contribution in [-0.2, 0) is 9.59 Å². The summed E-state index contributed by atoms with van der Waals surface area (Å²) in [6.07, 6.45) is 0.127. The van der Waals surface area contributed by atoms with Gasteiger partial charge < -0.3 is 10.2 Å². The minimum atomic E-state index is -0.235. The Morgan fingerprint density at radius 3 is 2.64 bits per heavy atom. The molecule has 2 aromatic carbocycles. The third-order valence-electron chi connectivity index (χ3n) is 3.75. The molecule has 6 heteroatoms. The van der Waals surface area contributed by atoms with Gasteiger partial charge in [0.05, 0.1) is 11.6 Å². The van der Waals surface area contributed by atoms with Crippen LogP contribution in [0.25, 0.3) is 0 Å². The predicted molar refractivity (Wildman–Crippen MR) is 98.6 cm³/mol.